The molecule has 0 spiro atoms. The van der Waals surface area contributed by atoms with Crippen LogP contribution in [0.5, 0.6) is 5.75 Å². The van der Waals surface area contributed by atoms with Gasteiger partial charge in [-0.15, -0.1) is 0 Å². The van der Waals surface area contributed by atoms with Gasteiger partial charge in [-0.2, -0.15) is 5.26 Å². The van der Waals surface area contributed by atoms with Crippen LogP contribution in [0.4, 0.5) is 0 Å². The lowest BCUT2D eigenvalue weighted by Gasteiger charge is -2.14. The van der Waals surface area contributed by atoms with Crippen LogP contribution < -0.4 is 10.1 Å². The molecule has 0 saturated carbocycles. The van der Waals surface area contributed by atoms with Gasteiger partial charge in [0.2, 0.25) is 0 Å². The van der Waals surface area contributed by atoms with Crippen LogP contribution in [0.15, 0.2) is 84.4 Å². The van der Waals surface area contributed by atoms with E-state index in [2.05, 4.69) is 5.32 Å². The topological polar surface area (TPSA) is 62.1 Å². The molecule has 0 aliphatic carbocycles. The molecule has 0 heterocycles. The number of nitrogens with one attached hydrogen (secondary N) is 1. The number of nitrogens with zero attached hydrogens (tertiary/aromatic N) is 1. The molecule has 0 bridgehead atoms. The van der Waals surface area contributed by atoms with E-state index in [1.807, 2.05) is 73.7 Å². The highest BCUT2D eigenvalue weighted by atomic mass is 35.5. The molecule has 3 aromatic carbocycles. The summed E-state index contributed by atoms with van der Waals surface area (Å²) in [6.07, 6.45) is 1.54. The Balaban J connectivity index is 1.76. The van der Waals surface area contributed by atoms with Gasteiger partial charge in [-0.3, -0.25) is 4.79 Å². The Morgan fingerprint density at radius 1 is 1.07 bits per heavy atom. The van der Waals surface area contributed by atoms with Crippen LogP contribution in [0, 0.1) is 11.3 Å². The normalized spacial score (nSPS) is 12.0. The van der Waals surface area contributed by atoms with Gasteiger partial charge in [0.05, 0.1) is 6.04 Å². The predicted octanol–water partition coefficient (Wildman–Crippen LogP) is 5.70. The summed E-state index contributed by atoms with van der Waals surface area (Å²) in [7, 11) is 0. The second-order valence-electron chi connectivity index (χ2n) is 6.69. The molecule has 0 fully saturated rings. The zero-order chi connectivity index (χ0) is 21.3. The van der Waals surface area contributed by atoms with Crippen LogP contribution in [-0.4, -0.2) is 5.91 Å². The smallest absolute Gasteiger partial charge is 0.262 e. The molecule has 0 aliphatic heterocycles. The van der Waals surface area contributed by atoms with Gasteiger partial charge in [0.1, 0.15) is 24.0 Å². The molecule has 3 rings (SSSR count). The molecule has 0 saturated heterocycles. The molecule has 0 aliphatic rings. The number of hydrogen-bond donors (Lipinski definition) is 1. The Kier molecular flexibility index (Phi) is 7.26. The first kappa shape index (κ1) is 21.2. The van der Waals surface area contributed by atoms with Crippen molar-refractivity contribution in [1.82, 2.24) is 5.32 Å². The van der Waals surface area contributed by atoms with Crippen LogP contribution in [0.1, 0.15) is 29.7 Å². The fourth-order valence-electron chi connectivity index (χ4n) is 2.91. The van der Waals surface area contributed by atoms with Gasteiger partial charge in [0.15, 0.2) is 0 Å². The van der Waals surface area contributed by atoms with Gasteiger partial charge in [0.25, 0.3) is 5.91 Å². The van der Waals surface area contributed by atoms with E-state index in [0.29, 0.717) is 16.3 Å². The lowest BCUT2D eigenvalue weighted by molar-refractivity contribution is -0.117. The lowest BCUT2D eigenvalue weighted by atomic mass is 10.1. The third-order valence-electron chi connectivity index (χ3n) is 4.57. The predicted molar refractivity (Wildman–Crippen MR) is 119 cm³/mol. The van der Waals surface area contributed by atoms with Crippen molar-refractivity contribution in [2.24, 2.45) is 0 Å². The van der Waals surface area contributed by atoms with E-state index in [1.54, 1.807) is 18.2 Å². The molecule has 150 valence electrons. The van der Waals surface area contributed by atoms with Crippen molar-refractivity contribution in [3.05, 3.63) is 106 Å². The van der Waals surface area contributed by atoms with Crippen LogP contribution >= 0.6 is 11.6 Å². The monoisotopic (exact) mass is 416 g/mol. The summed E-state index contributed by atoms with van der Waals surface area (Å²) in [5, 5.41) is 13.0. The molecule has 0 unspecified atom stereocenters. The summed E-state index contributed by atoms with van der Waals surface area (Å²) in [6, 6.07) is 26.1. The maximum atomic E-state index is 12.6. The highest BCUT2D eigenvalue weighted by Gasteiger charge is 2.15. The second-order valence-corrected chi connectivity index (χ2v) is 7.10. The molecule has 5 heteroatoms. The standard InChI is InChI=1S/C25H21ClN2O2/c1-18(19-9-3-2-4-10-19)28-25(29)22(16-27)15-20-11-6-8-14-24(20)30-17-21-12-5-7-13-23(21)26/h2-15,18H,17H2,1H3,(H,28,29)/b22-15-/t18-/m0/s1. The third-order valence-corrected chi connectivity index (χ3v) is 4.94. The van der Waals surface area contributed by atoms with E-state index in [9.17, 15) is 10.1 Å². The molecule has 0 aromatic heterocycles. The average molecular weight is 417 g/mol. The van der Waals surface area contributed by atoms with Crippen molar-refractivity contribution in [1.29, 1.82) is 5.26 Å². The maximum Gasteiger partial charge on any atom is 0.262 e. The molecule has 0 radical (unpaired) electrons. The Labute approximate surface area is 181 Å². The van der Waals surface area contributed by atoms with Gasteiger partial charge in [0, 0.05) is 16.1 Å². The van der Waals surface area contributed by atoms with Crippen molar-refractivity contribution in [2.75, 3.05) is 0 Å². The zero-order valence-corrected chi connectivity index (χ0v) is 17.3. The van der Waals surface area contributed by atoms with Gasteiger partial charge >= 0.3 is 0 Å². The molecule has 4 nitrogen and oxygen atoms in total. The van der Waals surface area contributed by atoms with Crippen LogP contribution in [-0.2, 0) is 11.4 Å². The minimum Gasteiger partial charge on any atom is -0.488 e. The summed E-state index contributed by atoms with van der Waals surface area (Å²) in [5.41, 5.74) is 2.47. The third kappa shape index (κ3) is 5.50. The highest BCUT2D eigenvalue weighted by molar-refractivity contribution is 6.31. The van der Waals surface area contributed by atoms with E-state index in [4.69, 9.17) is 16.3 Å². The Bertz CT molecular complexity index is 1090. The zero-order valence-electron chi connectivity index (χ0n) is 16.5. The van der Waals surface area contributed by atoms with Gasteiger partial charge in [-0.1, -0.05) is 78.3 Å². The highest BCUT2D eigenvalue weighted by Crippen LogP contribution is 2.24. The van der Waals surface area contributed by atoms with Gasteiger partial charge < -0.3 is 10.1 Å². The minimum absolute atomic E-state index is 0.00609. The first-order chi connectivity index (χ1) is 14.6. The summed E-state index contributed by atoms with van der Waals surface area (Å²) in [6.45, 7) is 2.16. The number of carbonyl (C=O) groups is 1. The summed E-state index contributed by atoms with van der Waals surface area (Å²) < 4.78 is 5.91. The van der Waals surface area contributed by atoms with E-state index in [0.717, 1.165) is 11.1 Å². The average Bonchev–Trinajstić information content (AvgIpc) is 2.78. The molecule has 1 amide bonds. The van der Waals surface area contributed by atoms with Crippen molar-refractivity contribution in [3.63, 3.8) is 0 Å². The fraction of sp³-hybridized carbons (Fsp3) is 0.120. The minimum atomic E-state index is -0.435. The van der Waals surface area contributed by atoms with Crippen LogP contribution in [0.2, 0.25) is 5.02 Å². The molecule has 1 N–H and O–H groups in total. The summed E-state index contributed by atoms with van der Waals surface area (Å²) >= 11 is 6.19. The number of carbonyl (C=O) groups excluding carboxylic acids is 1. The van der Waals surface area contributed by atoms with E-state index < -0.39 is 5.91 Å². The number of benzene rings is 3. The Hall–Kier alpha value is -3.55. The van der Waals surface area contributed by atoms with Crippen molar-refractivity contribution < 1.29 is 9.53 Å². The van der Waals surface area contributed by atoms with Crippen LogP contribution in [0.25, 0.3) is 6.08 Å². The van der Waals surface area contributed by atoms with E-state index in [-0.39, 0.29) is 18.2 Å². The van der Waals surface area contributed by atoms with Crippen molar-refractivity contribution in [3.8, 4) is 11.8 Å². The number of halogens is 1. The SMILES string of the molecule is C[C@H](NC(=O)/C(C#N)=C\c1ccccc1OCc1ccccc1Cl)c1ccccc1. The number of amides is 1. The number of nitriles is 1. The van der Waals surface area contributed by atoms with Crippen molar-refractivity contribution in [2.45, 2.75) is 19.6 Å². The Morgan fingerprint density at radius 2 is 1.73 bits per heavy atom. The van der Waals surface area contributed by atoms with Gasteiger partial charge in [-0.25, -0.2) is 0 Å². The lowest BCUT2D eigenvalue weighted by Crippen LogP contribution is -2.27. The number of rotatable bonds is 7. The molecule has 3 aromatic rings. The summed E-state index contributed by atoms with van der Waals surface area (Å²) in [5.74, 6) is 0.129. The summed E-state index contributed by atoms with van der Waals surface area (Å²) in [4.78, 5) is 12.6. The maximum absolute atomic E-state index is 12.6. The largest absolute Gasteiger partial charge is 0.488 e. The Morgan fingerprint density at radius 3 is 2.47 bits per heavy atom. The number of para-hydroxylation sites is 1. The van der Waals surface area contributed by atoms with Gasteiger partial charge in [-0.05, 0) is 30.7 Å². The molecule has 30 heavy (non-hydrogen) atoms. The fourth-order valence-corrected chi connectivity index (χ4v) is 3.10. The first-order valence-corrected chi connectivity index (χ1v) is 9.89. The van der Waals surface area contributed by atoms with E-state index in [1.165, 1.54) is 6.08 Å². The first-order valence-electron chi connectivity index (χ1n) is 9.51. The van der Waals surface area contributed by atoms with E-state index >= 15 is 0 Å². The number of hydrogen-bond acceptors (Lipinski definition) is 3. The second kappa shape index (κ2) is 10.3. The molecular weight excluding hydrogens is 396 g/mol. The van der Waals surface area contributed by atoms with Crippen LogP contribution in [0.3, 0.4) is 0 Å². The quantitative estimate of drug-likeness (QED) is 0.396. The molecular formula is C25H21ClN2O2. The van der Waals surface area contributed by atoms with Crippen molar-refractivity contribution >= 4 is 23.6 Å². The number of ether oxygens (including phenoxy) is 1. The molecule has 1 atom stereocenters.